The number of anilines is 1. The SMILES string of the molecule is Cc1cc(-c2c(C)sc(C)c2S(=O)(=O)Nc2ccc(C(C)C)cc2)on1. The highest BCUT2D eigenvalue weighted by molar-refractivity contribution is 7.93. The average Bonchev–Trinajstić information content (AvgIpc) is 3.10. The van der Waals surface area contributed by atoms with Gasteiger partial charge in [-0.2, -0.15) is 0 Å². The van der Waals surface area contributed by atoms with Gasteiger partial charge in [0.05, 0.1) is 11.3 Å². The number of sulfonamides is 1. The van der Waals surface area contributed by atoms with Crippen LogP contribution < -0.4 is 4.72 Å². The summed E-state index contributed by atoms with van der Waals surface area (Å²) in [5, 5.41) is 3.89. The summed E-state index contributed by atoms with van der Waals surface area (Å²) in [7, 11) is -3.75. The van der Waals surface area contributed by atoms with E-state index in [1.165, 1.54) is 11.3 Å². The van der Waals surface area contributed by atoms with E-state index < -0.39 is 10.0 Å². The molecule has 0 radical (unpaired) electrons. The zero-order valence-electron chi connectivity index (χ0n) is 15.5. The van der Waals surface area contributed by atoms with E-state index in [1.54, 1.807) is 25.1 Å². The van der Waals surface area contributed by atoms with Gasteiger partial charge in [0.1, 0.15) is 4.90 Å². The third-order valence-electron chi connectivity index (χ3n) is 4.18. The molecule has 138 valence electrons. The van der Waals surface area contributed by atoms with Gasteiger partial charge in [0.25, 0.3) is 10.0 Å². The standard InChI is InChI=1S/C19H22N2O3S2/c1-11(2)15-6-8-16(9-7-15)21-26(22,23)19-14(5)25-13(4)18(19)17-10-12(3)20-24-17/h6-11,21H,1-5H3. The first kappa shape index (κ1) is 18.7. The highest BCUT2D eigenvalue weighted by Gasteiger charge is 2.28. The molecule has 1 N–H and O–H groups in total. The van der Waals surface area contributed by atoms with Gasteiger partial charge in [0.2, 0.25) is 0 Å². The molecule has 1 aromatic carbocycles. The van der Waals surface area contributed by atoms with Crippen LogP contribution in [0, 0.1) is 20.8 Å². The van der Waals surface area contributed by atoms with Crippen LogP contribution >= 0.6 is 11.3 Å². The number of nitrogens with one attached hydrogen (secondary N) is 1. The lowest BCUT2D eigenvalue weighted by Gasteiger charge is -2.11. The van der Waals surface area contributed by atoms with Crippen LogP contribution in [0.1, 0.15) is 40.8 Å². The largest absolute Gasteiger partial charge is 0.356 e. The first-order chi connectivity index (χ1) is 12.2. The molecule has 0 atom stereocenters. The van der Waals surface area contributed by atoms with Gasteiger partial charge in [0.15, 0.2) is 5.76 Å². The van der Waals surface area contributed by atoms with Crippen LogP contribution in [-0.4, -0.2) is 13.6 Å². The Kier molecular flexibility index (Phi) is 4.94. The van der Waals surface area contributed by atoms with Gasteiger partial charge < -0.3 is 4.52 Å². The fraction of sp³-hybridized carbons (Fsp3) is 0.316. The minimum absolute atomic E-state index is 0.254. The second-order valence-electron chi connectivity index (χ2n) is 6.63. The molecular formula is C19H22N2O3S2. The summed E-state index contributed by atoms with van der Waals surface area (Å²) in [4.78, 5) is 1.86. The molecule has 2 aromatic heterocycles. The van der Waals surface area contributed by atoms with Crippen LogP contribution in [0.5, 0.6) is 0 Å². The molecule has 0 unspecified atom stereocenters. The molecule has 3 aromatic rings. The van der Waals surface area contributed by atoms with Crippen molar-refractivity contribution < 1.29 is 12.9 Å². The number of benzene rings is 1. The lowest BCUT2D eigenvalue weighted by Crippen LogP contribution is -2.14. The van der Waals surface area contributed by atoms with Gasteiger partial charge in [-0.15, -0.1) is 11.3 Å². The number of aryl methyl sites for hydroxylation is 3. The maximum absolute atomic E-state index is 13.1. The van der Waals surface area contributed by atoms with Gasteiger partial charge in [-0.1, -0.05) is 31.1 Å². The number of aromatic nitrogens is 1. The number of thiophene rings is 1. The second-order valence-corrected chi connectivity index (χ2v) is 9.68. The quantitative estimate of drug-likeness (QED) is 0.645. The van der Waals surface area contributed by atoms with Crippen molar-refractivity contribution in [1.29, 1.82) is 0 Å². The summed E-state index contributed by atoms with van der Waals surface area (Å²) in [6.07, 6.45) is 0. The molecule has 0 saturated heterocycles. The Morgan fingerprint density at radius 1 is 1.08 bits per heavy atom. The second kappa shape index (κ2) is 6.89. The van der Waals surface area contributed by atoms with Crippen LogP contribution in [0.2, 0.25) is 0 Å². The van der Waals surface area contributed by atoms with Crippen LogP contribution in [0.3, 0.4) is 0 Å². The number of hydrogen-bond acceptors (Lipinski definition) is 5. The van der Waals surface area contributed by atoms with Crippen molar-refractivity contribution in [3.8, 4) is 11.3 Å². The van der Waals surface area contributed by atoms with Crippen LogP contribution in [0.25, 0.3) is 11.3 Å². The van der Waals surface area contributed by atoms with Gasteiger partial charge in [-0.25, -0.2) is 8.42 Å². The van der Waals surface area contributed by atoms with Crippen LogP contribution in [0.15, 0.2) is 39.8 Å². The Morgan fingerprint density at radius 2 is 1.73 bits per heavy atom. The number of hydrogen-bond donors (Lipinski definition) is 1. The normalized spacial score (nSPS) is 11.9. The number of rotatable bonds is 5. The zero-order valence-corrected chi connectivity index (χ0v) is 17.1. The fourth-order valence-corrected chi connectivity index (χ4v) is 5.82. The third kappa shape index (κ3) is 3.54. The Morgan fingerprint density at radius 3 is 2.27 bits per heavy atom. The molecule has 0 amide bonds. The molecule has 5 nitrogen and oxygen atoms in total. The summed E-state index contributed by atoms with van der Waals surface area (Å²) in [6, 6.07) is 9.22. The number of nitrogens with zero attached hydrogens (tertiary/aromatic N) is 1. The highest BCUT2D eigenvalue weighted by atomic mass is 32.2. The summed E-state index contributed by atoms with van der Waals surface area (Å²) in [6.45, 7) is 9.71. The topological polar surface area (TPSA) is 72.2 Å². The van der Waals surface area contributed by atoms with E-state index in [1.807, 2.05) is 26.0 Å². The predicted molar refractivity (Wildman–Crippen MR) is 105 cm³/mol. The molecule has 26 heavy (non-hydrogen) atoms. The van der Waals surface area contributed by atoms with Crippen LogP contribution in [0.4, 0.5) is 5.69 Å². The van der Waals surface area contributed by atoms with Crippen LogP contribution in [-0.2, 0) is 10.0 Å². The highest BCUT2D eigenvalue weighted by Crippen LogP contribution is 2.39. The molecule has 0 aliphatic rings. The van der Waals surface area contributed by atoms with E-state index in [4.69, 9.17) is 4.52 Å². The van der Waals surface area contributed by atoms with Crippen molar-refractivity contribution >= 4 is 27.0 Å². The van der Waals surface area contributed by atoms with E-state index >= 15 is 0 Å². The molecule has 0 saturated carbocycles. The summed E-state index contributed by atoms with van der Waals surface area (Å²) >= 11 is 1.44. The Labute approximate surface area is 158 Å². The van der Waals surface area contributed by atoms with E-state index in [-0.39, 0.29) is 4.90 Å². The minimum Gasteiger partial charge on any atom is -0.356 e. The molecule has 0 spiro atoms. The monoisotopic (exact) mass is 390 g/mol. The molecule has 0 bridgehead atoms. The third-order valence-corrected chi connectivity index (χ3v) is 6.88. The fourth-order valence-electron chi connectivity index (χ4n) is 2.90. The van der Waals surface area contributed by atoms with E-state index in [0.717, 1.165) is 15.3 Å². The first-order valence-corrected chi connectivity index (χ1v) is 10.7. The Balaban J connectivity index is 2.02. The van der Waals surface area contributed by atoms with E-state index in [0.29, 0.717) is 28.6 Å². The van der Waals surface area contributed by atoms with Gasteiger partial charge >= 0.3 is 0 Å². The van der Waals surface area contributed by atoms with Crippen molar-refractivity contribution in [2.24, 2.45) is 0 Å². The van der Waals surface area contributed by atoms with Crippen molar-refractivity contribution in [2.75, 3.05) is 4.72 Å². The Bertz CT molecular complexity index is 1030. The van der Waals surface area contributed by atoms with Gasteiger partial charge in [-0.05, 0) is 44.4 Å². The van der Waals surface area contributed by atoms with E-state index in [2.05, 4.69) is 23.7 Å². The van der Waals surface area contributed by atoms with Gasteiger partial charge in [-0.3, -0.25) is 4.72 Å². The predicted octanol–water partition coefficient (Wildman–Crippen LogP) is 5.25. The molecule has 2 heterocycles. The van der Waals surface area contributed by atoms with Crippen molar-refractivity contribution in [1.82, 2.24) is 5.16 Å². The minimum atomic E-state index is -3.75. The summed E-state index contributed by atoms with van der Waals surface area (Å²) < 4.78 is 34.2. The molecule has 0 fully saturated rings. The van der Waals surface area contributed by atoms with Crippen molar-refractivity contribution in [2.45, 2.75) is 45.4 Å². The molecule has 3 rings (SSSR count). The molecule has 0 aliphatic carbocycles. The van der Waals surface area contributed by atoms with Crippen molar-refractivity contribution in [3.63, 3.8) is 0 Å². The Hall–Kier alpha value is -2.12. The maximum Gasteiger partial charge on any atom is 0.263 e. The zero-order chi connectivity index (χ0) is 19.1. The van der Waals surface area contributed by atoms with Gasteiger partial charge in [0, 0.05) is 21.5 Å². The van der Waals surface area contributed by atoms with Crippen molar-refractivity contribution in [3.05, 3.63) is 51.3 Å². The molecular weight excluding hydrogens is 368 g/mol. The lowest BCUT2D eigenvalue weighted by molar-refractivity contribution is 0.426. The summed E-state index contributed by atoms with van der Waals surface area (Å²) in [5.41, 5.74) is 2.99. The smallest absolute Gasteiger partial charge is 0.263 e. The average molecular weight is 391 g/mol. The first-order valence-electron chi connectivity index (χ1n) is 8.35. The summed E-state index contributed by atoms with van der Waals surface area (Å²) in [5.74, 6) is 0.864. The van der Waals surface area contributed by atoms with E-state index in [9.17, 15) is 8.42 Å². The molecule has 0 aliphatic heterocycles. The molecule has 7 heteroatoms. The lowest BCUT2D eigenvalue weighted by atomic mass is 10.0. The maximum atomic E-state index is 13.1.